The van der Waals surface area contributed by atoms with Crippen molar-refractivity contribution in [1.29, 1.82) is 0 Å². The van der Waals surface area contributed by atoms with Crippen LogP contribution in [0.4, 0.5) is 0 Å². The Balaban J connectivity index is 1.53. The molecule has 3 aliphatic rings. The minimum Gasteiger partial charge on any atom is -0.481 e. The highest BCUT2D eigenvalue weighted by Gasteiger charge is 2.62. The number of rotatable bonds is 4. The Labute approximate surface area is 185 Å². The van der Waals surface area contributed by atoms with E-state index < -0.39 is 0 Å². The zero-order chi connectivity index (χ0) is 21.6. The molecule has 5 heteroatoms. The molecule has 1 amide bonds. The van der Waals surface area contributed by atoms with Gasteiger partial charge in [0, 0.05) is 41.8 Å². The van der Waals surface area contributed by atoms with Gasteiger partial charge in [0.05, 0.1) is 12.7 Å². The molecule has 1 aliphatic carbocycles. The lowest BCUT2D eigenvalue weighted by molar-refractivity contribution is 0.0156. The molecule has 2 aromatic rings. The van der Waals surface area contributed by atoms with Crippen LogP contribution in [-0.2, 0) is 6.42 Å². The van der Waals surface area contributed by atoms with Crippen LogP contribution in [0.1, 0.15) is 54.9 Å². The molecule has 1 aromatic carbocycles. The molecule has 2 aliphatic heterocycles. The zero-order valence-corrected chi connectivity index (χ0v) is 18.8. The molecular formula is C26H33N3O2. The molecule has 2 bridgehead atoms. The summed E-state index contributed by atoms with van der Waals surface area (Å²) in [7, 11) is 3.90. The Morgan fingerprint density at radius 1 is 1.13 bits per heavy atom. The van der Waals surface area contributed by atoms with Gasteiger partial charge in [0.25, 0.3) is 5.91 Å². The number of methoxy groups -OCH3 is 1. The second-order valence-electron chi connectivity index (χ2n) is 9.82. The van der Waals surface area contributed by atoms with Crippen molar-refractivity contribution >= 4 is 5.91 Å². The van der Waals surface area contributed by atoms with E-state index in [9.17, 15) is 4.79 Å². The van der Waals surface area contributed by atoms with Crippen LogP contribution >= 0.6 is 0 Å². The number of hydrogen-bond donors (Lipinski definition) is 0. The number of carbonyl (C=O) groups excluding carboxylic acids is 1. The minimum absolute atomic E-state index is 0.128. The highest BCUT2D eigenvalue weighted by molar-refractivity contribution is 5.95. The summed E-state index contributed by atoms with van der Waals surface area (Å²) in [6, 6.07) is 15.8. The van der Waals surface area contributed by atoms with Crippen LogP contribution in [-0.4, -0.2) is 59.0 Å². The van der Waals surface area contributed by atoms with E-state index in [0.29, 0.717) is 29.6 Å². The molecule has 5 nitrogen and oxygen atoms in total. The van der Waals surface area contributed by atoms with E-state index in [1.165, 1.54) is 24.8 Å². The molecule has 31 heavy (non-hydrogen) atoms. The van der Waals surface area contributed by atoms with Gasteiger partial charge in [0.15, 0.2) is 0 Å². The fourth-order valence-corrected chi connectivity index (χ4v) is 6.76. The van der Waals surface area contributed by atoms with Crippen LogP contribution in [0.2, 0.25) is 0 Å². The fraction of sp³-hybridized carbons (Fsp3) is 0.538. The van der Waals surface area contributed by atoms with Gasteiger partial charge in [-0.25, -0.2) is 4.98 Å². The molecule has 3 fully saturated rings. The van der Waals surface area contributed by atoms with Crippen molar-refractivity contribution < 1.29 is 9.53 Å². The number of fused-ring (bicyclic) bond motifs is 1. The molecule has 2 saturated heterocycles. The third-order valence-electron chi connectivity index (χ3n) is 8.24. The lowest BCUT2D eigenvalue weighted by atomic mass is 9.69. The average Bonchev–Trinajstić information content (AvgIpc) is 2.94. The number of likely N-dealkylation sites (tertiary alicyclic amines) is 2. The van der Waals surface area contributed by atoms with Crippen LogP contribution in [0.5, 0.6) is 5.88 Å². The first kappa shape index (κ1) is 20.5. The molecule has 5 atom stereocenters. The van der Waals surface area contributed by atoms with Gasteiger partial charge in [-0.1, -0.05) is 50.1 Å². The number of likely N-dealkylation sites (N-methyl/N-ethyl adjacent to an activating group) is 1. The molecule has 1 saturated carbocycles. The lowest BCUT2D eigenvalue weighted by Gasteiger charge is -2.49. The van der Waals surface area contributed by atoms with Gasteiger partial charge in [0.2, 0.25) is 5.88 Å². The molecule has 1 aromatic heterocycles. The van der Waals surface area contributed by atoms with E-state index in [2.05, 4.69) is 59.1 Å². The summed E-state index contributed by atoms with van der Waals surface area (Å²) in [4.78, 5) is 23.1. The highest BCUT2D eigenvalue weighted by atomic mass is 16.5. The Kier molecular flexibility index (Phi) is 5.25. The number of benzene rings is 1. The fourth-order valence-electron chi connectivity index (χ4n) is 6.76. The van der Waals surface area contributed by atoms with Crippen molar-refractivity contribution in [3.05, 3.63) is 59.8 Å². The molecule has 0 N–H and O–H groups in total. The predicted octanol–water partition coefficient (Wildman–Crippen LogP) is 4.18. The summed E-state index contributed by atoms with van der Waals surface area (Å²) >= 11 is 0. The molecule has 164 valence electrons. The largest absolute Gasteiger partial charge is 0.481 e. The molecule has 5 rings (SSSR count). The van der Waals surface area contributed by atoms with Crippen molar-refractivity contribution in [2.75, 3.05) is 14.2 Å². The maximum absolute atomic E-state index is 13.9. The second-order valence-corrected chi connectivity index (χ2v) is 9.82. The summed E-state index contributed by atoms with van der Waals surface area (Å²) in [5.74, 6) is 0.669. The Hall–Kier alpha value is -2.40. The van der Waals surface area contributed by atoms with Crippen LogP contribution in [0.3, 0.4) is 0 Å². The Morgan fingerprint density at radius 3 is 2.55 bits per heavy atom. The van der Waals surface area contributed by atoms with Crippen molar-refractivity contribution in [2.45, 2.75) is 69.6 Å². The molecule has 0 radical (unpaired) electrons. The number of pyridine rings is 1. The SMILES string of the molecule is COc1ccc(C(=O)N2[C@H]3CCCC[C@H]4N(C)[C@@H](Cc5ccccc5)[C@@H]2C[C@@]34C)cn1. The van der Waals surface area contributed by atoms with Crippen molar-refractivity contribution in [3.8, 4) is 5.88 Å². The van der Waals surface area contributed by atoms with E-state index in [1.807, 2.05) is 6.07 Å². The number of aromatic nitrogens is 1. The first-order chi connectivity index (χ1) is 15.0. The predicted molar refractivity (Wildman–Crippen MR) is 121 cm³/mol. The number of amides is 1. The van der Waals surface area contributed by atoms with E-state index in [-0.39, 0.29) is 17.4 Å². The highest BCUT2D eigenvalue weighted by Crippen LogP contribution is 2.55. The van der Waals surface area contributed by atoms with E-state index >= 15 is 0 Å². The van der Waals surface area contributed by atoms with E-state index in [4.69, 9.17) is 4.74 Å². The molecule has 0 spiro atoms. The van der Waals surface area contributed by atoms with Crippen molar-refractivity contribution in [3.63, 3.8) is 0 Å². The summed E-state index contributed by atoms with van der Waals surface area (Å²) in [5, 5.41) is 0. The van der Waals surface area contributed by atoms with Crippen LogP contribution in [0.25, 0.3) is 0 Å². The van der Waals surface area contributed by atoms with Gasteiger partial charge in [0.1, 0.15) is 0 Å². The third kappa shape index (κ3) is 3.34. The lowest BCUT2D eigenvalue weighted by Crippen LogP contribution is -2.58. The maximum atomic E-state index is 13.9. The number of nitrogens with zero attached hydrogens (tertiary/aromatic N) is 3. The van der Waals surface area contributed by atoms with Gasteiger partial charge < -0.3 is 9.64 Å². The maximum Gasteiger partial charge on any atom is 0.255 e. The number of hydrogen-bond acceptors (Lipinski definition) is 4. The van der Waals surface area contributed by atoms with Crippen molar-refractivity contribution in [1.82, 2.24) is 14.8 Å². The average molecular weight is 420 g/mol. The first-order valence-corrected chi connectivity index (χ1v) is 11.6. The summed E-state index contributed by atoms with van der Waals surface area (Å²) in [5.41, 5.74) is 2.16. The van der Waals surface area contributed by atoms with Gasteiger partial charge >= 0.3 is 0 Å². The topological polar surface area (TPSA) is 45.7 Å². The summed E-state index contributed by atoms with van der Waals surface area (Å²) in [6.45, 7) is 2.44. The molecular weight excluding hydrogens is 386 g/mol. The van der Waals surface area contributed by atoms with Gasteiger partial charge in [-0.2, -0.15) is 0 Å². The zero-order valence-electron chi connectivity index (χ0n) is 18.8. The number of carbonyl (C=O) groups is 1. The van der Waals surface area contributed by atoms with Crippen molar-refractivity contribution in [2.24, 2.45) is 5.41 Å². The summed E-state index contributed by atoms with van der Waals surface area (Å²) in [6.07, 6.45) is 8.53. The monoisotopic (exact) mass is 419 g/mol. The normalized spacial score (nSPS) is 32.5. The third-order valence-corrected chi connectivity index (χ3v) is 8.24. The smallest absolute Gasteiger partial charge is 0.255 e. The van der Waals surface area contributed by atoms with Crippen LogP contribution < -0.4 is 4.74 Å². The van der Waals surface area contributed by atoms with Crippen LogP contribution in [0.15, 0.2) is 48.7 Å². The van der Waals surface area contributed by atoms with Gasteiger partial charge in [-0.15, -0.1) is 0 Å². The summed E-state index contributed by atoms with van der Waals surface area (Å²) < 4.78 is 5.20. The van der Waals surface area contributed by atoms with Gasteiger partial charge in [-0.05, 0) is 44.4 Å². The molecule has 3 heterocycles. The standard InChI is InChI=1S/C26H33N3O2/c1-26-16-21-20(15-18-9-5-4-6-10-18)28(2)22(26)11-7-8-12-23(26)29(21)25(30)19-13-14-24(31-3)27-17-19/h4-6,9-10,13-14,17,20-23H,7-8,11-12,15-16H2,1-3H3/t20-,21-,22+,23-,26+/m0/s1. The van der Waals surface area contributed by atoms with E-state index in [1.54, 1.807) is 19.4 Å². The Bertz CT molecular complexity index is 931. The number of piperidine rings is 1. The van der Waals surface area contributed by atoms with E-state index in [0.717, 1.165) is 19.3 Å². The van der Waals surface area contributed by atoms with Gasteiger partial charge in [-0.3, -0.25) is 9.69 Å². The first-order valence-electron chi connectivity index (χ1n) is 11.6. The molecule has 0 unspecified atom stereocenters. The quantitative estimate of drug-likeness (QED) is 0.746. The van der Waals surface area contributed by atoms with Crippen LogP contribution in [0, 0.1) is 5.41 Å². The number of ether oxygens (including phenoxy) is 1. The minimum atomic E-state index is 0.128. The second kappa shape index (κ2) is 7.94. The Morgan fingerprint density at radius 2 is 1.87 bits per heavy atom.